The molecule has 0 radical (unpaired) electrons. The van der Waals surface area contributed by atoms with E-state index < -0.39 is 0 Å². The molecule has 0 amide bonds. The summed E-state index contributed by atoms with van der Waals surface area (Å²) in [6.07, 6.45) is 5.61. The zero-order chi connectivity index (χ0) is 15.3. The van der Waals surface area contributed by atoms with Crippen LogP contribution in [0.2, 0.25) is 5.02 Å². The third-order valence-electron chi connectivity index (χ3n) is 4.93. The molecule has 2 N–H and O–H groups in total. The van der Waals surface area contributed by atoms with E-state index in [-0.39, 0.29) is 6.04 Å². The minimum absolute atomic E-state index is 0.241. The molecule has 112 valence electrons. The van der Waals surface area contributed by atoms with Crippen LogP contribution >= 0.6 is 11.6 Å². The summed E-state index contributed by atoms with van der Waals surface area (Å²) < 4.78 is 0. The van der Waals surface area contributed by atoms with Gasteiger partial charge in [-0.05, 0) is 48.6 Å². The second-order valence-electron chi connectivity index (χ2n) is 6.22. The normalized spacial score (nSPS) is 25.5. The van der Waals surface area contributed by atoms with Crippen LogP contribution in [0, 0.1) is 12.8 Å². The molecule has 2 aromatic carbocycles. The summed E-state index contributed by atoms with van der Waals surface area (Å²) >= 11 is 6.49. The largest absolute Gasteiger partial charge is 0.508 e. The SMILES string of the molecule is Cc1ccc(Cl)c2c1NC(c1ccc(O)cc1)C1CC=CC21. The summed E-state index contributed by atoms with van der Waals surface area (Å²) in [7, 11) is 0. The summed E-state index contributed by atoms with van der Waals surface area (Å²) in [4.78, 5) is 0. The Balaban J connectivity index is 1.84. The monoisotopic (exact) mass is 311 g/mol. The third-order valence-corrected chi connectivity index (χ3v) is 5.26. The standard InChI is InChI=1S/C19H18ClNO/c1-11-5-10-16(20)17-14-3-2-4-15(14)19(21-18(11)17)12-6-8-13(22)9-7-12/h2-3,5-10,14-15,19,21-22H,4H2,1H3. The number of aromatic hydroxyl groups is 1. The quantitative estimate of drug-likeness (QED) is 0.711. The molecule has 3 unspecified atom stereocenters. The molecule has 1 aliphatic carbocycles. The number of benzene rings is 2. The zero-order valence-electron chi connectivity index (χ0n) is 12.4. The maximum Gasteiger partial charge on any atom is 0.115 e. The molecular weight excluding hydrogens is 294 g/mol. The number of aryl methyl sites for hydroxylation is 1. The first-order valence-corrected chi connectivity index (χ1v) is 8.04. The highest BCUT2D eigenvalue weighted by Crippen LogP contribution is 2.52. The highest BCUT2D eigenvalue weighted by molar-refractivity contribution is 6.32. The van der Waals surface area contributed by atoms with Crippen LogP contribution in [-0.4, -0.2) is 5.11 Å². The number of halogens is 1. The number of anilines is 1. The Bertz CT molecular complexity index is 751. The van der Waals surface area contributed by atoms with Crippen LogP contribution in [0.15, 0.2) is 48.6 Å². The fourth-order valence-corrected chi connectivity index (χ4v) is 4.10. The fourth-order valence-electron chi connectivity index (χ4n) is 3.82. The molecule has 1 aliphatic heterocycles. The first kappa shape index (κ1) is 13.7. The van der Waals surface area contributed by atoms with Gasteiger partial charge in [0.05, 0.1) is 6.04 Å². The van der Waals surface area contributed by atoms with Crippen LogP contribution in [0.4, 0.5) is 5.69 Å². The lowest BCUT2D eigenvalue weighted by Crippen LogP contribution is -2.29. The number of nitrogens with one attached hydrogen (secondary N) is 1. The molecule has 3 heteroatoms. The predicted molar refractivity (Wildman–Crippen MR) is 90.6 cm³/mol. The fraction of sp³-hybridized carbons (Fsp3) is 0.263. The van der Waals surface area contributed by atoms with Crippen LogP contribution in [0.5, 0.6) is 5.75 Å². The number of rotatable bonds is 1. The Morgan fingerprint density at radius 2 is 1.91 bits per heavy atom. The molecule has 2 nitrogen and oxygen atoms in total. The lowest BCUT2D eigenvalue weighted by Gasteiger charge is -2.38. The topological polar surface area (TPSA) is 32.3 Å². The minimum atomic E-state index is 0.241. The Kier molecular flexibility index (Phi) is 3.16. The summed E-state index contributed by atoms with van der Waals surface area (Å²) in [5.74, 6) is 1.14. The van der Waals surface area contributed by atoms with Gasteiger partial charge in [-0.25, -0.2) is 0 Å². The van der Waals surface area contributed by atoms with Gasteiger partial charge in [-0.3, -0.25) is 0 Å². The third kappa shape index (κ3) is 2.02. The lowest BCUT2D eigenvalue weighted by atomic mass is 9.76. The van der Waals surface area contributed by atoms with Crippen molar-refractivity contribution in [3.63, 3.8) is 0 Å². The first-order chi connectivity index (χ1) is 10.6. The lowest BCUT2D eigenvalue weighted by molar-refractivity contribution is 0.424. The summed E-state index contributed by atoms with van der Waals surface area (Å²) in [5, 5.41) is 14.1. The molecule has 4 rings (SSSR count). The van der Waals surface area contributed by atoms with Gasteiger partial charge >= 0.3 is 0 Å². The van der Waals surface area contributed by atoms with Gasteiger partial charge in [0, 0.05) is 22.2 Å². The molecule has 2 aromatic rings. The van der Waals surface area contributed by atoms with Crippen molar-refractivity contribution in [1.82, 2.24) is 0 Å². The minimum Gasteiger partial charge on any atom is -0.508 e. The van der Waals surface area contributed by atoms with Gasteiger partial charge in [0.1, 0.15) is 5.75 Å². The van der Waals surface area contributed by atoms with Crippen molar-refractivity contribution in [1.29, 1.82) is 0 Å². The average Bonchev–Trinajstić information content (AvgIpc) is 3.00. The molecule has 0 spiro atoms. The average molecular weight is 312 g/mol. The van der Waals surface area contributed by atoms with Crippen LogP contribution in [-0.2, 0) is 0 Å². The van der Waals surface area contributed by atoms with Crippen molar-refractivity contribution in [3.05, 3.63) is 70.3 Å². The summed E-state index contributed by atoms with van der Waals surface area (Å²) in [6, 6.07) is 11.8. The van der Waals surface area contributed by atoms with Crippen molar-refractivity contribution >= 4 is 17.3 Å². The second kappa shape index (κ2) is 5.06. The summed E-state index contributed by atoms with van der Waals surface area (Å²) in [5.41, 5.74) is 4.83. The number of phenols is 1. The van der Waals surface area contributed by atoms with Gasteiger partial charge in [-0.15, -0.1) is 0 Å². The van der Waals surface area contributed by atoms with Gasteiger partial charge in [-0.2, -0.15) is 0 Å². The second-order valence-corrected chi connectivity index (χ2v) is 6.63. The molecule has 0 fully saturated rings. The highest BCUT2D eigenvalue weighted by atomic mass is 35.5. The molecule has 0 bridgehead atoms. The van der Waals surface area contributed by atoms with Crippen molar-refractivity contribution in [3.8, 4) is 5.75 Å². The van der Waals surface area contributed by atoms with E-state index >= 15 is 0 Å². The Morgan fingerprint density at radius 1 is 1.14 bits per heavy atom. The van der Waals surface area contributed by atoms with Crippen LogP contribution in [0.3, 0.4) is 0 Å². The van der Waals surface area contributed by atoms with E-state index in [0.717, 1.165) is 11.4 Å². The number of allylic oxidation sites excluding steroid dienone is 2. The van der Waals surface area contributed by atoms with E-state index in [1.165, 1.54) is 22.4 Å². The van der Waals surface area contributed by atoms with E-state index in [9.17, 15) is 5.11 Å². The van der Waals surface area contributed by atoms with Crippen molar-refractivity contribution < 1.29 is 5.11 Å². The van der Waals surface area contributed by atoms with E-state index in [4.69, 9.17) is 11.6 Å². The van der Waals surface area contributed by atoms with Crippen LogP contribution < -0.4 is 5.32 Å². The number of hydrogen-bond acceptors (Lipinski definition) is 2. The zero-order valence-corrected chi connectivity index (χ0v) is 13.1. The molecule has 0 saturated heterocycles. The van der Waals surface area contributed by atoms with E-state index in [2.05, 4.69) is 30.5 Å². The van der Waals surface area contributed by atoms with Gasteiger partial charge in [0.25, 0.3) is 0 Å². The number of phenolic OH excluding ortho intramolecular Hbond substituents is 1. The molecule has 2 aliphatic rings. The van der Waals surface area contributed by atoms with Crippen molar-refractivity contribution in [2.24, 2.45) is 5.92 Å². The number of fused-ring (bicyclic) bond motifs is 3. The van der Waals surface area contributed by atoms with Gasteiger partial charge in [-0.1, -0.05) is 42.0 Å². The van der Waals surface area contributed by atoms with E-state index in [1.807, 2.05) is 18.2 Å². The molecule has 22 heavy (non-hydrogen) atoms. The molecule has 0 aromatic heterocycles. The van der Waals surface area contributed by atoms with Crippen LogP contribution in [0.1, 0.15) is 35.1 Å². The van der Waals surface area contributed by atoms with Gasteiger partial charge < -0.3 is 10.4 Å². The Morgan fingerprint density at radius 3 is 2.68 bits per heavy atom. The molecule has 0 saturated carbocycles. The maximum atomic E-state index is 9.53. The Hall–Kier alpha value is -1.93. The van der Waals surface area contributed by atoms with Crippen LogP contribution in [0.25, 0.3) is 0 Å². The molecule has 3 atom stereocenters. The molecule has 1 heterocycles. The van der Waals surface area contributed by atoms with Gasteiger partial charge in [0.2, 0.25) is 0 Å². The van der Waals surface area contributed by atoms with E-state index in [0.29, 0.717) is 17.6 Å². The Labute approximate surface area is 135 Å². The van der Waals surface area contributed by atoms with Gasteiger partial charge in [0.15, 0.2) is 0 Å². The maximum absolute atomic E-state index is 9.53. The number of hydrogen-bond donors (Lipinski definition) is 2. The highest BCUT2D eigenvalue weighted by Gasteiger charge is 2.39. The van der Waals surface area contributed by atoms with E-state index in [1.54, 1.807) is 12.1 Å². The summed E-state index contributed by atoms with van der Waals surface area (Å²) in [6.45, 7) is 2.12. The predicted octanol–water partition coefficient (Wildman–Crippen LogP) is 5.18. The van der Waals surface area contributed by atoms with Crippen molar-refractivity contribution in [2.75, 3.05) is 5.32 Å². The smallest absolute Gasteiger partial charge is 0.115 e. The molecular formula is C19H18ClNO. The first-order valence-electron chi connectivity index (χ1n) is 7.66. The van der Waals surface area contributed by atoms with Crippen molar-refractivity contribution in [2.45, 2.75) is 25.3 Å².